The van der Waals surface area contributed by atoms with Crippen LogP contribution in [0.25, 0.3) is 0 Å². The van der Waals surface area contributed by atoms with Crippen molar-refractivity contribution in [3.05, 3.63) is 71.8 Å². The molecule has 1 aliphatic heterocycles. The van der Waals surface area contributed by atoms with E-state index in [0.717, 1.165) is 22.9 Å². The number of benzene rings is 2. The van der Waals surface area contributed by atoms with E-state index in [2.05, 4.69) is 5.32 Å². The molecule has 3 atom stereocenters. The maximum Gasteiger partial charge on any atom is 0.323 e. The van der Waals surface area contributed by atoms with Gasteiger partial charge in [0.1, 0.15) is 18.0 Å². The third kappa shape index (κ3) is 6.37. The van der Waals surface area contributed by atoms with Gasteiger partial charge in [0.05, 0.1) is 5.25 Å². The third-order valence-corrected chi connectivity index (χ3v) is 7.22. The van der Waals surface area contributed by atoms with Crippen molar-refractivity contribution >= 4 is 46.4 Å². The molecule has 3 rings (SSSR count). The van der Waals surface area contributed by atoms with Crippen molar-refractivity contribution < 1.29 is 24.3 Å². The van der Waals surface area contributed by atoms with E-state index in [1.54, 1.807) is 0 Å². The van der Waals surface area contributed by atoms with Gasteiger partial charge in [0, 0.05) is 12.7 Å². The summed E-state index contributed by atoms with van der Waals surface area (Å²) in [6.45, 7) is 0.935. The highest BCUT2D eigenvalue weighted by Crippen LogP contribution is 2.37. The number of amides is 2. The average molecular weight is 473 g/mol. The van der Waals surface area contributed by atoms with Crippen LogP contribution in [0.5, 0.6) is 0 Å². The smallest absolute Gasteiger partial charge is 0.323 e. The second kappa shape index (κ2) is 11.2. The zero-order chi connectivity index (χ0) is 23.1. The van der Waals surface area contributed by atoms with Crippen molar-refractivity contribution in [2.75, 3.05) is 12.3 Å². The van der Waals surface area contributed by atoms with E-state index in [1.807, 2.05) is 60.7 Å². The zero-order valence-electron chi connectivity index (χ0n) is 17.5. The number of carboxylic acid groups (broad SMARTS) is 1. The summed E-state index contributed by atoms with van der Waals surface area (Å²) in [6, 6.07) is 17.7. The van der Waals surface area contributed by atoms with Gasteiger partial charge in [0.15, 0.2) is 5.12 Å². The van der Waals surface area contributed by atoms with Gasteiger partial charge in [-0.3, -0.25) is 19.2 Å². The van der Waals surface area contributed by atoms with Gasteiger partial charge < -0.3 is 15.3 Å². The summed E-state index contributed by atoms with van der Waals surface area (Å²) < 4.78 is 0. The number of hydrogen-bond donors (Lipinski definition) is 2. The summed E-state index contributed by atoms with van der Waals surface area (Å²) in [5.41, 5.74) is 1.73. The quantitative estimate of drug-likeness (QED) is 0.609. The molecule has 9 heteroatoms. The van der Waals surface area contributed by atoms with E-state index in [9.17, 15) is 24.3 Å². The molecule has 1 saturated heterocycles. The summed E-state index contributed by atoms with van der Waals surface area (Å²) in [4.78, 5) is 50.6. The largest absolute Gasteiger partial charge is 0.480 e. The standard InChI is InChI=1S/C23H24N2O5S2/c1-15(26)32-19(12-16-8-4-2-5-9-16)21(29)24-18-14-31-23(17-10-6-3-7-11-17)25(22(18)30)13-20(27)28/h2-11,18-19,23H,12-14H2,1H3,(H,24,29)(H,27,28)/t18-,19?,23-/m0/s1. The van der Waals surface area contributed by atoms with Gasteiger partial charge in [0.2, 0.25) is 11.8 Å². The fourth-order valence-electron chi connectivity index (χ4n) is 3.45. The number of thioether (sulfide) groups is 2. The van der Waals surface area contributed by atoms with Crippen molar-refractivity contribution in [2.45, 2.75) is 30.0 Å². The van der Waals surface area contributed by atoms with Crippen molar-refractivity contribution in [1.29, 1.82) is 0 Å². The van der Waals surface area contributed by atoms with Crippen LogP contribution < -0.4 is 5.32 Å². The Morgan fingerprint density at radius 2 is 1.75 bits per heavy atom. The first-order valence-corrected chi connectivity index (χ1v) is 12.0. The topological polar surface area (TPSA) is 104 Å². The summed E-state index contributed by atoms with van der Waals surface area (Å²) in [5, 5.41) is 10.8. The lowest BCUT2D eigenvalue weighted by Gasteiger charge is -2.38. The highest BCUT2D eigenvalue weighted by Gasteiger charge is 2.39. The molecule has 168 valence electrons. The Morgan fingerprint density at radius 3 is 2.34 bits per heavy atom. The molecule has 1 unspecified atom stereocenters. The molecule has 2 aromatic rings. The molecule has 1 heterocycles. The number of carbonyl (C=O) groups excluding carboxylic acids is 3. The van der Waals surface area contributed by atoms with Crippen LogP contribution >= 0.6 is 23.5 Å². The number of rotatable bonds is 8. The van der Waals surface area contributed by atoms with E-state index in [1.165, 1.54) is 23.6 Å². The second-order valence-corrected chi connectivity index (χ2v) is 9.80. The Bertz CT molecular complexity index is 971. The van der Waals surface area contributed by atoms with Gasteiger partial charge >= 0.3 is 5.97 Å². The zero-order valence-corrected chi connectivity index (χ0v) is 19.1. The summed E-state index contributed by atoms with van der Waals surface area (Å²) in [5.74, 6) is -1.68. The molecule has 0 bridgehead atoms. The molecular formula is C23H24N2O5S2. The van der Waals surface area contributed by atoms with Gasteiger partial charge in [-0.25, -0.2) is 0 Å². The van der Waals surface area contributed by atoms with E-state index in [-0.39, 0.29) is 5.12 Å². The maximum absolute atomic E-state index is 13.1. The van der Waals surface area contributed by atoms with Gasteiger partial charge in [0.25, 0.3) is 0 Å². The Morgan fingerprint density at radius 1 is 1.12 bits per heavy atom. The lowest BCUT2D eigenvalue weighted by molar-refractivity contribution is -0.146. The third-order valence-electron chi connectivity index (χ3n) is 4.86. The Balaban J connectivity index is 1.75. The van der Waals surface area contributed by atoms with E-state index >= 15 is 0 Å². The van der Waals surface area contributed by atoms with Crippen LogP contribution in [0.2, 0.25) is 0 Å². The molecular weight excluding hydrogens is 448 g/mol. The van der Waals surface area contributed by atoms with Crippen molar-refractivity contribution in [3.63, 3.8) is 0 Å². The fraction of sp³-hybridized carbons (Fsp3) is 0.304. The molecule has 2 aromatic carbocycles. The molecule has 0 saturated carbocycles. The van der Waals surface area contributed by atoms with Crippen LogP contribution in [0.15, 0.2) is 60.7 Å². The van der Waals surface area contributed by atoms with E-state index < -0.39 is 41.0 Å². The SMILES string of the molecule is CC(=O)SC(Cc1ccccc1)C(=O)N[C@H]1CS[C@@H](c2ccccc2)N(CC(=O)O)C1=O. The predicted octanol–water partition coefficient (Wildman–Crippen LogP) is 2.72. The molecule has 32 heavy (non-hydrogen) atoms. The number of nitrogens with one attached hydrogen (secondary N) is 1. The van der Waals surface area contributed by atoms with Crippen LogP contribution in [0.3, 0.4) is 0 Å². The highest BCUT2D eigenvalue weighted by atomic mass is 32.2. The summed E-state index contributed by atoms with van der Waals surface area (Å²) >= 11 is 2.33. The molecule has 0 aliphatic carbocycles. The lowest BCUT2D eigenvalue weighted by Crippen LogP contribution is -2.56. The molecule has 1 aliphatic rings. The summed E-state index contributed by atoms with van der Waals surface area (Å²) in [7, 11) is 0. The monoisotopic (exact) mass is 472 g/mol. The van der Waals surface area contributed by atoms with Crippen molar-refractivity contribution in [1.82, 2.24) is 10.2 Å². The minimum absolute atomic E-state index is 0.193. The first-order chi connectivity index (χ1) is 15.3. The Labute approximate surface area is 194 Å². The van der Waals surface area contributed by atoms with Crippen molar-refractivity contribution in [3.8, 4) is 0 Å². The maximum atomic E-state index is 13.1. The Kier molecular flexibility index (Phi) is 8.35. The molecule has 0 radical (unpaired) electrons. The van der Waals surface area contributed by atoms with E-state index in [0.29, 0.717) is 12.2 Å². The van der Waals surface area contributed by atoms with Gasteiger partial charge in [-0.05, 0) is 17.5 Å². The molecule has 2 N–H and O–H groups in total. The molecule has 0 spiro atoms. The normalized spacial score (nSPS) is 19.3. The van der Waals surface area contributed by atoms with Gasteiger partial charge in [-0.1, -0.05) is 72.4 Å². The summed E-state index contributed by atoms with van der Waals surface area (Å²) in [6.07, 6.45) is 0.344. The lowest BCUT2D eigenvalue weighted by atomic mass is 10.1. The van der Waals surface area contributed by atoms with Crippen LogP contribution in [-0.4, -0.2) is 56.5 Å². The van der Waals surface area contributed by atoms with Crippen LogP contribution in [0.4, 0.5) is 0 Å². The van der Waals surface area contributed by atoms with Crippen molar-refractivity contribution in [2.24, 2.45) is 0 Å². The predicted molar refractivity (Wildman–Crippen MR) is 125 cm³/mol. The molecule has 2 amide bonds. The number of aliphatic carboxylic acids is 1. The van der Waals surface area contributed by atoms with E-state index in [4.69, 9.17) is 0 Å². The number of hydrogen-bond acceptors (Lipinski definition) is 6. The van der Waals surface area contributed by atoms with Crippen LogP contribution in [-0.2, 0) is 25.6 Å². The molecule has 0 aromatic heterocycles. The number of nitrogens with zero attached hydrogens (tertiary/aromatic N) is 1. The fourth-order valence-corrected chi connectivity index (χ4v) is 5.61. The van der Waals surface area contributed by atoms with Crippen LogP contribution in [0.1, 0.15) is 23.4 Å². The van der Waals surface area contributed by atoms with Gasteiger partial charge in [-0.2, -0.15) is 0 Å². The first kappa shape index (κ1) is 23.9. The first-order valence-electron chi connectivity index (χ1n) is 10.1. The Hall–Kier alpha value is -2.78. The highest BCUT2D eigenvalue weighted by molar-refractivity contribution is 8.14. The molecule has 1 fully saturated rings. The minimum atomic E-state index is -1.12. The average Bonchev–Trinajstić information content (AvgIpc) is 2.77. The number of carboxylic acids is 1. The van der Waals surface area contributed by atoms with Crippen LogP contribution in [0, 0.1) is 0 Å². The second-order valence-electron chi connectivity index (χ2n) is 7.31. The number of carbonyl (C=O) groups is 4. The molecule has 7 nitrogen and oxygen atoms in total. The van der Waals surface area contributed by atoms with Gasteiger partial charge in [-0.15, -0.1) is 11.8 Å². The minimum Gasteiger partial charge on any atom is -0.480 e.